The third-order valence-electron chi connectivity index (χ3n) is 2.89. The molecule has 1 saturated carbocycles. The molecule has 0 radical (unpaired) electrons. The van der Waals surface area contributed by atoms with Crippen LogP contribution in [0.5, 0.6) is 0 Å². The number of allylic oxidation sites excluding steroid dienone is 1. The van der Waals surface area contributed by atoms with Gasteiger partial charge < -0.3 is 4.74 Å². The number of ether oxygens (including phenoxy) is 1. The van der Waals surface area contributed by atoms with E-state index in [9.17, 15) is 4.79 Å². The standard InChI is InChI=1S/C11H18O2/c1-5-7-11(8-10(11,3)4)9(12)13-6-2/h5,7H,6,8H2,1-4H3. The molecule has 1 fully saturated rings. The van der Waals surface area contributed by atoms with Crippen LogP contribution in [0, 0.1) is 10.8 Å². The van der Waals surface area contributed by atoms with Crippen LogP contribution < -0.4 is 0 Å². The fourth-order valence-electron chi connectivity index (χ4n) is 1.90. The Morgan fingerprint density at radius 1 is 1.54 bits per heavy atom. The lowest BCUT2D eigenvalue weighted by Crippen LogP contribution is -2.21. The van der Waals surface area contributed by atoms with Gasteiger partial charge in [0.15, 0.2) is 0 Å². The smallest absolute Gasteiger partial charge is 0.316 e. The summed E-state index contributed by atoms with van der Waals surface area (Å²) in [5.41, 5.74) is -0.260. The highest BCUT2D eigenvalue weighted by atomic mass is 16.5. The Hall–Kier alpha value is -0.790. The van der Waals surface area contributed by atoms with Crippen LogP contribution in [0.15, 0.2) is 12.2 Å². The fourth-order valence-corrected chi connectivity index (χ4v) is 1.90. The Morgan fingerprint density at radius 2 is 2.08 bits per heavy atom. The molecule has 1 atom stereocenters. The summed E-state index contributed by atoms with van der Waals surface area (Å²) < 4.78 is 5.07. The van der Waals surface area contributed by atoms with E-state index in [0.29, 0.717) is 6.61 Å². The van der Waals surface area contributed by atoms with E-state index in [1.807, 2.05) is 26.0 Å². The van der Waals surface area contributed by atoms with Gasteiger partial charge in [-0.25, -0.2) is 0 Å². The molecule has 1 aliphatic carbocycles. The number of hydrogen-bond donors (Lipinski definition) is 0. The van der Waals surface area contributed by atoms with Crippen LogP contribution in [-0.2, 0) is 9.53 Å². The second-order valence-corrected chi connectivity index (χ2v) is 4.25. The molecule has 74 valence electrons. The predicted octanol–water partition coefficient (Wildman–Crippen LogP) is 2.54. The first-order valence-corrected chi connectivity index (χ1v) is 4.81. The monoisotopic (exact) mass is 182 g/mol. The van der Waals surface area contributed by atoms with E-state index in [1.165, 1.54) is 0 Å². The molecule has 2 nitrogen and oxygen atoms in total. The van der Waals surface area contributed by atoms with E-state index in [1.54, 1.807) is 0 Å². The first-order chi connectivity index (χ1) is 6.00. The van der Waals surface area contributed by atoms with Crippen molar-refractivity contribution in [3.05, 3.63) is 12.2 Å². The molecule has 0 N–H and O–H groups in total. The van der Waals surface area contributed by atoms with Crippen LogP contribution in [-0.4, -0.2) is 12.6 Å². The van der Waals surface area contributed by atoms with Crippen molar-refractivity contribution in [1.82, 2.24) is 0 Å². The van der Waals surface area contributed by atoms with Gasteiger partial charge in [-0.05, 0) is 25.7 Å². The Balaban J connectivity index is 2.78. The maximum Gasteiger partial charge on any atom is 0.316 e. The minimum absolute atomic E-state index is 0.0712. The van der Waals surface area contributed by atoms with Crippen molar-refractivity contribution in [3.8, 4) is 0 Å². The first-order valence-electron chi connectivity index (χ1n) is 4.81. The van der Waals surface area contributed by atoms with Gasteiger partial charge in [0.25, 0.3) is 0 Å². The molecule has 0 aliphatic heterocycles. The predicted molar refractivity (Wildman–Crippen MR) is 52.3 cm³/mol. The first kappa shape index (κ1) is 10.3. The summed E-state index contributed by atoms with van der Waals surface area (Å²) in [6, 6.07) is 0. The number of carbonyl (C=O) groups excluding carboxylic acids is 1. The third kappa shape index (κ3) is 1.50. The Kier molecular flexibility index (Phi) is 2.51. The number of carbonyl (C=O) groups is 1. The van der Waals surface area contributed by atoms with Crippen molar-refractivity contribution in [2.45, 2.75) is 34.1 Å². The summed E-state index contributed by atoms with van der Waals surface area (Å²) in [5, 5.41) is 0. The van der Waals surface area contributed by atoms with Crippen LogP contribution in [0.2, 0.25) is 0 Å². The van der Waals surface area contributed by atoms with Crippen LogP contribution >= 0.6 is 0 Å². The maximum atomic E-state index is 11.7. The average Bonchev–Trinajstić information content (AvgIpc) is 2.56. The molecular weight excluding hydrogens is 164 g/mol. The van der Waals surface area contributed by atoms with Gasteiger partial charge in [0.2, 0.25) is 0 Å². The molecular formula is C11H18O2. The Morgan fingerprint density at radius 3 is 2.38 bits per heavy atom. The lowest BCUT2D eigenvalue weighted by atomic mass is 9.95. The summed E-state index contributed by atoms with van der Waals surface area (Å²) in [6.45, 7) is 8.45. The van der Waals surface area contributed by atoms with Crippen molar-refractivity contribution in [3.63, 3.8) is 0 Å². The van der Waals surface area contributed by atoms with Gasteiger partial charge in [0, 0.05) is 0 Å². The fraction of sp³-hybridized carbons (Fsp3) is 0.727. The molecule has 0 amide bonds. The van der Waals surface area contributed by atoms with E-state index >= 15 is 0 Å². The van der Waals surface area contributed by atoms with Gasteiger partial charge in [0.1, 0.15) is 0 Å². The molecule has 0 aromatic carbocycles. The molecule has 0 spiro atoms. The summed E-state index contributed by atoms with van der Waals surface area (Å²) in [4.78, 5) is 11.7. The number of hydrogen-bond acceptors (Lipinski definition) is 2. The van der Waals surface area contributed by atoms with Crippen LogP contribution in [0.25, 0.3) is 0 Å². The molecule has 0 aromatic rings. The van der Waals surface area contributed by atoms with Crippen molar-refractivity contribution in [2.24, 2.45) is 10.8 Å². The second kappa shape index (κ2) is 3.17. The second-order valence-electron chi connectivity index (χ2n) is 4.25. The highest BCUT2D eigenvalue weighted by molar-refractivity contribution is 5.84. The third-order valence-corrected chi connectivity index (χ3v) is 2.89. The van der Waals surface area contributed by atoms with Crippen molar-refractivity contribution in [1.29, 1.82) is 0 Å². The highest BCUT2D eigenvalue weighted by Gasteiger charge is 2.65. The van der Waals surface area contributed by atoms with E-state index in [0.717, 1.165) is 6.42 Å². The summed E-state index contributed by atoms with van der Waals surface area (Å²) in [5.74, 6) is -0.0712. The molecule has 0 saturated heterocycles. The lowest BCUT2D eigenvalue weighted by molar-refractivity contribution is -0.148. The van der Waals surface area contributed by atoms with Gasteiger partial charge in [-0.15, -0.1) is 0 Å². The van der Waals surface area contributed by atoms with Crippen LogP contribution in [0.1, 0.15) is 34.1 Å². The van der Waals surface area contributed by atoms with Crippen molar-refractivity contribution in [2.75, 3.05) is 6.61 Å². The van der Waals surface area contributed by atoms with Gasteiger partial charge in [-0.3, -0.25) is 4.79 Å². The Labute approximate surface area is 80.0 Å². The van der Waals surface area contributed by atoms with Gasteiger partial charge in [-0.1, -0.05) is 26.0 Å². The molecule has 1 aliphatic rings. The van der Waals surface area contributed by atoms with E-state index < -0.39 is 0 Å². The molecule has 1 unspecified atom stereocenters. The Bertz CT molecular complexity index is 240. The van der Waals surface area contributed by atoms with Crippen molar-refractivity contribution < 1.29 is 9.53 Å². The minimum atomic E-state index is -0.336. The van der Waals surface area contributed by atoms with Crippen LogP contribution in [0.3, 0.4) is 0 Å². The minimum Gasteiger partial charge on any atom is -0.465 e. The highest BCUT2D eigenvalue weighted by Crippen LogP contribution is 2.65. The molecule has 13 heavy (non-hydrogen) atoms. The van der Waals surface area contributed by atoms with Crippen molar-refractivity contribution >= 4 is 5.97 Å². The zero-order chi connectivity index (χ0) is 10.1. The van der Waals surface area contributed by atoms with Gasteiger partial charge in [-0.2, -0.15) is 0 Å². The quantitative estimate of drug-likeness (QED) is 0.495. The number of rotatable bonds is 3. The molecule has 1 rings (SSSR count). The SMILES string of the molecule is CC=CC1(C(=O)OCC)CC1(C)C. The zero-order valence-corrected chi connectivity index (χ0v) is 8.89. The van der Waals surface area contributed by atoms with E-state index in [-0.39, 0.29) is 16.8 Å². The summed E-state index contributed by atoms with van der Waals surface area (Å²) in [6.07, 6.45) is 4.82. The topological polar surface area (TPSA) is 26.3 Å². The average molecular weight is 182 g/mol. The van der Waals surface area contributed by atoms with Crippen LogP contribution in [0.4, 0.5) is 0 Å². The summed E-state index contributed by atoms with van der Waals surface area (Å²) >= 11 is 0. The van der Waals surface area contributed by atoms with E-state index in [2.05, 4.69) is 13.8 Å². The summed E-state index contributed by atoms with van der Waals surface area (Å²) in [7, 11) is 0. The molecule has 0 aromatic heterocycles. The van der Waals surface area contributed by atoms with Gasteiger partial charge in [0.05, 0.1) is 12.0 Å². The number of esters is 1. The van der Waals surface area contributed by atoms with E-state index in [4.69, 9.17) is 4.74 Å². The largest absolute Gasteiger partial charge is 0.465 e. The normalized spacial score (nSPS) is 30.5. The lowest BCUT2D eigenvalue weighted by Gasteiger charge is -2.14. The van der Waals surface area contributed by atoms with Gasteiger partial charge >= 0.3 is 5.97 Å². The zero-order valence-electron chi connectivity index (χ0n) is 8.89. The molecule has 0 bridgehead atoms. The molecule has 2 heteroatoms. The maximum absolute atomic E-state index is 11.7. The molecule has 0 heterocycles.